The van der Waals surface area contributed by atoms with Gasteiger partial charge in [-0.05, 0) is 6.42 Å². The molecule has 0 saturated carbocycles. The van der Waals surface area contributed by atoms with Crippen molar-refractivity contribution in [3.8, 4) is 0 Å². The van der Waals surface area contributed by atoms with Gasteiger partial charge < -0.3 is 21.9 Å². The number of aliphatic hydroxyl groups excluding tert-OH is 1. The van der Waals surface area contributed by atoms with Gasteiger partial charge >= 0.3 is 0 Å². The summed E-state index contributed by atoms with van der Waals surface area (Å²) >= 11 is 0. The maximum absolute atomic E-state index is 11.0. The highest BCUT2D eigenvalue weighted by molar-refractivity contribution is 5.83. The zero-order valence-electron chi connectivity index (χ0n) is 7.49. The number of amides is 2. The molecule has 0 aromatic carbocycles. The Balaban J connectivity index is 3.76. The first-order valence-corrected chi connectivity index (χ1v) is 3.99. The number of carbonyl (C=O) groups is 2. The third-order valence-electron chi connectivity index (χ3n) is 1.57. The summed E-state index contributed by atoms with van der Waals surface area (Å²) in [6.07, 6.45) is -0.855. The minimum Gasteiger partial charge on any atom is -0.381 e. The van der Waals surface area contributed by atoms with Gasteiger partial charge in [-0.1, -0.05) is 6.92 Å². The quantitative estimate of drug-likeness (QED) is 0.388. The van der Waals surface area contributed by atoms with Crippen LogP contribution in [0.5, 0.6) is 0 Å². The second-order valence-electron chi connectivity index (χ2n) is 2.68. The predicted molar refractivity (Wildman–Crippen MR) is 46.5 cm³/mol. The van der Waals surface area contributed by atoms with Crippen LogP contribution in [-0.4, -0.2) is 35.6 Å². The molecule has 2 unspecified atom stereocenters. The molecule has 0 aromatic heterocycles. The van der Waals surface area contributed by atoms with E-state index in [1.165, 1.54) is 0 Å². The van der Waals surface area contributed by atoms with E-state index in [9.17, 15) is 9.59 Å². The molecule has 2 atom stereocenters. The van der Waals surface area contributed by atoms with Crippen molar-refractivity contribution in [1.29, 1.82) is 0 Å². The van der Waals surface area contributed by atoms with Gasteiger partial charge in [0.1, 0.15) is 6.10 Å². The lowest BCUT2D eigenvalue weighted by Crippen LogP contribution is -2.46. The van der Waals surface area contributed by atoms with Crippen LogP contribution in [0.2, 0.25) is 0 Å². The molecule has 6 nitrogen and oxygen atoms in total. The molecule has 0 aliphatic rings. The topological polar surface area (TPSA) is 118 Å². The molecule has 0 spiro atoms. The summed E-state index contributed by atoms with van der Waals surface area (Å²) in [6.45, 7) is 1.57. The van der Waals surface area contributed by atoms with Crippen molar-refractivity contribution in [2.24, 2.45) is 11.5 Å². The van der Waals surface area contributed by atoms with E-state index in [1.807, 2.05) is 0 Å². The number of nitrogens with two attached hydrogens (primary N) is 2. The number of carbonyl (C=O) groups excluding carboxylic acids is 2. The predicted octanol–water partition coefficient (Wildman–Crippen LogP) is -2.31. The molecule has 0 rings (SSSR count). The largest absolute Gasteiger partial charge is 0.381 e. The van der Waals surface area contributed by atoms with Gasteiger partial charge in [-0.2, -0.15) is 0 Å². The van der Waals surface area contributed by atoms with Gasteiger partial charge in [0.15, 0.2) is 0 Å². The fourth-order valence-corrected chi connectivity index (χ4v) is 0.614. The molecule has 6 heteroatoms. The molecule has 6 N–H and O–H groups in total. The number of rotatable bonds is 5. The summed E-state index contributed by atoms with van der Waals surface area (Å²) in [4.78, 5) is 21.3. The third-order valence-corrected chi connectivity index (χ3v) is 1.57. The van der Waals surface area contributed by atoms with Crippen LogP contribution in [0.25, 0.3) is 0 Å². The highest BCUT2D eigenvalue weighted by Crippen LogP contribution is 1.86. The average Bonchev–Trinajstić information content (AvgIpc) is 2.11. The summed E-state index contributed by atoms with van der Waals surface area (Å²) in [5.41, 5.74) is 10.1. The van der Waals surface area contributed by atoms with Crippen LogP contribution < -0.4 is 16.8 Å². The van der Waals surface area contributed by atoms with Crippen LogP contribution in [0, 0.1) is 0 Å². The molecule has 76 valence electrons. The van der Waals surface area contributed by atoms with E-state index in [0.717, 1.165) is 0 Å². The zero-order valence-corrected chi connectivity index (χ0v) is 7.49. The van der Waals surface area contributed by atoms with Gasteiger partial charge in [0, 0.05) is 0 Å². The lowest BCUT2D eigenvalue weighted by molar-refractivity contribution is -0.127. The lowest BCUT2D eigenvalue weighted by atomic mass is 10.2. The van der Waals surface area contributed by atoms with E-state index in [0.29, 0.717) is 6.42 Å². The molecule has 0 saturated heterocycles. The molecule has 0 bridgehead atoms. The fraction of sp³-hybridized carbons (Fsp3) is 0.714. The highest BCUT2D eigenvalue weighted by Gasteiger charge is 2.15. The van der Waals surface area contributed by atoms with Crippen molar-refractivity contribution in [1.82, 2.24) is 5.32 Å². The molecular weight excluding hydrogens is 174 g/mol. The number of aliphatic hydroxyl groups is 1. The number of nitrogens with one attached hydrogen (secondary N) is 1. The van der Waals surface area contributed by atoms with E-state index >= 15 is 0 Å². The molecule has 0 fully saturated rings. The van der Waals surface area contributed by atoms with Crippen molar-refractivity contribution in [3.63, 3.8) is 0 Å². The zero-order chi connectivity index (χ0) is 10.4. The van der Waals surface area contributed by atoms with Gasteiger partial charge in [-0.3, -0.25) is 9.59 Å². The van der Waals surface area contributed by atoms with E-state index in [-0.39, 0.29) is 6.54 Å². The van der Waals surface area contributed by atoms with Crippen LogP contribution in [-0.2, 0) is 9.59 Å². The Kier molecular flexibility index (Phi) is 5.01. The second kappa shape index (κ2) is 5.50. The van der Waals surface area contributed by atoms with Crippen LogP contribution in [0.3, 0.4) is 0 Å². The minimum absolute atomic E-state index is 0.193. The Morgan fingerprint density at radius 1 is 1.54 bits per heavy atom. The van der Waals surface area contributed by atoms with Crippen LogP contribution in [0.1, 0.15) is 13.3 Å². The number of primary amides is 1. The highest BCUT2D eigenvalue weighted by atomic mass is 16.3. The van der Waals surface area contributed by atoms with E-state index in [2.05, 4.69) is 5.32 Å². The molecule has 2 amide bonds. The molecule has 0 radical (unpaired) electrons. The van der Waals surface area contributed by atoms with Gasteiger partial charge in [-0.15, -0.1) is 0 Å². The van der Waals surface area contributed by atoms with Crippen LogP contribution >= 0.6 is 0 Å². The summed E-state index contributed by atoms with van der Waals surface area (Å²) in [5.74, 6) is -1.27. The first kappa shape index (κ1) is 11.9. The Labute approximate surface area is 76.3 Å². The average molecular weight is 189 g/mol. The smallest absolute Gasteiger partial charge is 0.248 e. The third kappa shape index (κ3) is 4.44. The Bertz CT molecular complexity index is 195. The van der Waals surface area contributed by atoms with Gasteiger partial charge in [0.05, 0.1) is 12.6 Å². The van der Waals surface area contributed by atoms with Crippen molar-refractivity contribution >= 4 is 11.8 Å². The summed E-state index contributed by atoms with van der Waals surface area (Å²) in [5, 5.41) is 11.2. The Morgan fingerprint density at radius 3 is 2.46 bits per heavy atom. The normalized spacial score (nSPS) is 14.7. The molecular formula is C7H15N3O3. The van der Waals surface area contributed by atoms with E-state index in [4.69, 9.17) is 16.6 Å². The molecule has 13 heavy (non-hydrogen) atoms. The Hall–Kier alpha value is -1.14. The summed E-state index contributed by atoms with van der Waals surface area (Å²) in [6, 6.07) is -0.611. The van der Waals surface area contributed by atoms with Crippen LogP contribution in [0.15, 0.2) is 0 Å². The molecule has 0 aromatic rings. The number of hydrogen-bond donors (Lipinski definition) is 4. The molecule has 0 aliphatic heterocycles. The van der Waals surface area contributed by atoms with Crippen molar-refractivity contribution in [3.05, 3.63) is 0 Å². The second-order valence-corrected chi connectivity index (χ2v) is 2.68. The summed E-state index contributed by atoms with van der Waals surface area (Å²) in [7, 11) is 0. The standard InChI is InChI=1S/C7H15N3O3/c1-2-4(8)7(13)10-3-5(11)6(9)12/h4-5,11H,2-3,8H2,1H3,(H2,9,12)(H,10,13). The first-order valence-electron chi connectivity index (χ1n) is 3.99. The maximum atomic E-state index is 11.0. The summed E-state index contributed by atoms with van der Waals surface area (Å²) < 4.78 is 0. The van der Waals surface area contributed by atoms with Crippen molar-refractivity contribution < 1.29 is 14.7 Å². The fourth-order valence-electron chi connectivity index (χ4n) is 0.614. The molecule has 0 aliphatic carbocycles. The maximum Gasteiger partial charge on any atom is 0.248 e. The molecule has 0 heterocycles. The van der Waals surface area contributed by atoms with Gasteiger partial charge in [-0.25, -0.2) is 0 Å². The van der Waals surface area contributed by atoms with Crippen LogP contribution in [0.4, 0.5) is 0 Å². The monoisotopic (exact) mass is 189 g/mol. The number of hydrogen-bond acceptors (Lipinski definition) is 4. The van der Waals surface area contributed by atoms with Crippen molar-refractivity contribution in [2.45, 2.75) is 25.5 Å². The van der Waals surface area contributed by atoms with Gasteiger partial charge in [0.25, 0.3) is 0 Å². The van der Waals surface area contributed by atoms with E-state index in [1.54, 1.807) is 6.92 Å². The van der Waals surface area contributed by atoms with Crippen molar-refractivity contribution in [2.75, 3.05) is 6.54 Å². The lowest BCUT2D eigenvalue weighted by Gasteiger charge is -2.11. The SMILES string of the molecule is CCC(N)C(=O)NCC(O)C(N)=O. The van der Waals surface area contributed by atoms with Gasteiger partial charge in [0.2, 0.25) is 11.8 Å². The van der Waals surface area contributed by atoms with E-state index < -0.39 is 24.0 Å². The minimum atomic E-state index is -1.35. The Morgan fingerprint density at radius 2 is 2.08 bits per heavy atom. The first-order chi connectivity index (χ1) is 5.99.